The third-order valence-corrected chi connectivity index (χ3v) is 4.11. The largest absolute Gasteiger partial charge is 0.296 e. The molecule has 88 valence electrons. The Morgan fingerprint density at radius 1 is 1.00 bits per heavy atom. The van der Waals surface area contributed by atoms with Gasteiger partial charge in [-0.05, 0) is 48.9 Å². The fourth-order valence-corrected chi connectivity index (χ4v) is 3.03. The van der Waals surface area contributed by atoms with Crippen LogP contribution in [0.25, 0.3) is 0 Å². The van der Waals surface area contributed by atoms with Gasteiger partial charge < -0.3 is 0 Å². The molecule has 3 heteroatoms. The van der Waals surface area contributed by atoms with Gasteiger partial charge in [-0.2, -0.15) is 0 Å². The fraction of sp³-hybridized carbons (Fsp3) is 0.429. The summed E-state index contributed by atoms with van der Waals surface area (Å²) in [5.41, 5.74) is 4.49. The molecule has 0 saturated carbocycles. The summed E-state index contributed by atoms with van der Waals surface area (Å²) >= 11 is 0. The molecular weight excluding hydrogens is 214 g/mol. The van der Waals surface area contributed by atoms with Crippen molar-refractivity contribution < 1.29 is 9.59 Å². The Bertz CT molecular complexity index is 514. The zero-order valence-corrected chi connectivity index (χ0v) is 10.1. The summed E-state index contributed by atoms with van der Waals surface area (Å²) < 4.78 is 0. The number of fused-ring (bicyclic) bond motifs is 1. The summed E-state index contributed by atoms with van der Waals surface area (Å²) in [6.07, 6.45) is 1.76. The maximum absolute atomic E-state index is 11.9. The first-order chi connectivity index (χ1) is 8.00. The third kappa shape index (κ3) is 1.42. The summed E-state index contributed by atoms with van der Waals surface area (Å²) in [6.45, 7) is 4.17. The predicted octanol–water partition coefficient (Wildman–Crippen LogP) is 1.43. The van der Waals surface area contributed by atoms with Crippen LogP contribution in [0.3, 0.4) is 0 Å². The topological polar surface area (TPSA) is 46.2 Å². The van der Waals surface area contributed by atoms with Gasteiger partial charge in [-0.15, -0.1) is 0 Å². The van der Waals surface area contributed by atoms with Gasteiger partial charge in [0, 0.05) is 6.42 Å². The highest BCUT2D eigenvalue weighted by Crippen LogP contribution is 2.43. The molecule has 1 aromatic carbocycles. The molecule has 0 atom stereocenters. The van der Waals surface area contributed by atoms with E-state index in [0.29, 0.717) is 19.3 Å². The lowest BCUT2D eigenvalue weighted by Gasteiger charge is -2.16. The molecule has 1 aliphatic carbocycles. The zero-order chi connectivity index (χ0) is 12.2. The highest BCUT2D eigenvalue weighted by atomic mass is 16.2. The Balaban J connectivity index is 2.03. The molecule has 1 spiro atoms. The van der Waals surface area contributed by atoms with Crippen molar-refractivity contribution in [3.63, 3.8) is 0 Å². The van der Waals surface area contributed by atoms with E-state index in [4.69, 9.17) is 0 Å². The van der Waals surface area contributed by atoms with Gasteiger partial charge in [0.2, 0.25) is 11.8 Å². The minimum atomic E-state index is -0.486. The first kappa shape index (κ1) is 10.5. The minimum absolute atomic E-state index is 0.0889. The van der Waals surface area contributed by atoms with E-state index in [2.05, 4.69) is 31.3 Å². The van der Waals surface area contributed by atoms with Crippen LogP contribution in [0.15, 0.2) is 12.1 Å². The number of imide groups is 1. The quantitative estimate of drug-likeness (QED) is 0.684. The van der Waals surface area contributed by atoms with Crippen molar-refractivity contribution in [2.75, 3.05) is 0 Å². The molecule has 3 rings (SSSR count). The number of aryl methyl sites for hydroxylation is 2. The van der Waals surface area contributed by atoms with Crippen LogP contribution >= 0.6 is 0 Å². The average Bonchev–Trinajstić information content (AvgIpc) is 2.69. The SMILES string of the molecule is Cc1cc2c(cc1C)CC1(CC(=O)NC1=O)C2. The molecule has 0 bridgehead atoms. The van der Waals surface area contributed by atoms with E-state index in [1.165, 1.54) is 22.3 Å². The second-order valence-corrected chi connectivity index (χ2v) is 5.39. The lowest BCUT2D eigenvalue weighted by atomic mass is 9.83. The van der Waals surface area contributed by atoms with Crippen LogP contribution in [-0.2, 0) is 22.4 Å². The molecule has 0 radical (unpaired) electrons. The Hall–Kier alpha value is -1.64. The third-order valence-electron chi connectivity index (χ3n) is 4.11. The van der Waals surface area contributed by atoms with Crippen molar-refractivity contribution in [2.45, 2.75) is 33.1 Å². The molecule has 1 N–H and O–H groups in total. The molecular formula is C14H15NO2. The number of carbonyl (C=O) groups is 2. The van der Waals surface area contributed by atoms with E-state index in [0.717, 1.165) is 0 Å². The number of benzene rings is 1. The number of hydrogen-bond acceptors (Lipinski definition) is 2. The van der Waals surface area contributed by atoms with Crippen molar-refractivity contribution >= 4 is 11.8 Å². The summed E-state index contributed by atoms with van der Waals surface area (Å²) in [5, 5.41) is 2.44. The summed E-state index contributed by atoms with van der Waals surface area (Å²) in [4.78, 5) is 23.3. The van der Waals surface area contributed by atoms with Crippen LogP contribution < -0.4 is 5.32 Å². The fourth-order valence-electron chi connectivity index (χ4n) is 3.03. The first-order valence-corrected chi connectivity index (χ1v) is 5.93. The van der Waals surface area contributed by atoms with E-state index in [1.54, 1.807) is 0 Å². The predicted molar refractivity (Wildman–Crippen MR) is 63.5 cm³/mol. The van der Waals surface area contributed by atoms with Crippen molar-refractivity contribution in [3.8, 4) is 0 Å². The van der Waals surface area contributed by atoms with Gasteiger partial charge in [0.25, 0.3) is 0 Å². The molecule has 1 saturated heterocycles. The highest BCUT2D eigenvalue weighted by Gasteiger charge is 2.50. The average molecular weight is 229 g/mol. The lowest BCUT2D eigenvalue weighted by molar-refractivity contribution is -0.128. The number of rotatable bonds is 0. The maximum Gasteiger partial charge on any atom is 0.233 e. The Morgan fingerprint density at radius 3 is 1.94 bits per heavy atom. The normalized spacial score (nSPS) is 20.8. The molecule has 0 aromatic heterocycles. The van der Waals surface area contributed by atoms with Gasteiger partial charge >= 0.3 is 0 Å². The van der Waals surface area contributed by atoms with Crippen LogP contribution in [0.5, 0.6) is 0 Å². The molecule has 1 fully saturated rings. The van der Waals surface area contributed by atoms with E-state index in [1.807, 2.05) is 0 Å². The van der Waals surface area contributed by atoms with Gasteiger partial charge in [-0.3, -0.25) is 14.9 Å². The van der Waals surface area contributed by atoms with Crippen LogP contribution in [0.2, 0.25) is 0 Å². The van der Waals surface area contributed by atoms with Crippen LogP contribution in [-0.4, -0.2) is 11.8 Å². The van der Waals surface area contributed by atoms with Gasteiger partial charge in [0.05, 0.1) is 5.41 Å². The van der Waals surface area contributed by atoms with Gasteiger partial charge in [-0.1, -0.05) is 12.1 Å². The molecule has 1 aromatic rings. The summed E-state index contributed by atoms with van der Waals surface area (Å²) in [6, 6.07) is 4.32. The van der Waals surface area contributed by atoms with E-state index in [9.17, 15) is 9.59 Å². The Kier molecular flexibility index (Phi) is 1.97. The lowest BCUT2D eigenvalue weighted by Crippen LogP contribution is -2.32. The van der Waals surface area contributed by atoms with Crippen molar-refractivity contribution in [2.24, 2.45) is 5.41 Å². The van der Waals surface area contributed by atoms with Crippen LogP contribution in [0.4, 0.5) is 0 Å². The minimum Gasteiger partial charge on any atom is -0.296 e. The maximum atomic E-state index is 11.9. The zero-order valence-electron chi connectivity index (χ0n) is 10.1. The van der Waals surface area contributed by atoms with E-state index >= 15 is 0 Å². The Morgan fingerprint density at radius 2 is 1.53 bits per heavy atom. The monoisotopic (exact) mass is 229 g/mol. The van der Waals surface area contributed by atoms with Crippen molar-refractivity contribution in [3.05, 3.63) is 34.4 Å². The summed E-state index contributed by atoms with van der Waals surface area (Å²) in [7, 11) is 0. The van der Waals surface area contributed by atoms with Crippen LogP contribution in [0, 0.1) is 19.3 Å². The highest BCUT2D eigenvalue weighted by molar-refractivity contribution is 6.06. The van der Waals surface area contributed by atoms with E-state index in [-0.39, 0.29) is 11.8 Å². The van der Waals surface area contributed by atoms with Crippen LogP contribution in [0.1, 0.15) is 28.7 Å². The Labute approximate surface area is 100 Å². The standard InChI is InChI=1S/C14H15NO2/c1-8-3-10-5-14(6-11(10)4-9(8)2)7-12(16)15-13(14)17/h3-4H,5-7H2,1-2H3,(H,15,16,17). The molecule has 1 aliphatic heterocycles. The van der Waals surface area contributed by atoms with Gasteiger partial charge in [0.1, 0.15) is 0 Å². The molecule has 2 amide bonds. The first-order valence-electron chi connectivity index (χ1n) is 5.93. The second-order valence-electron chi connectivity index (χ2n) is 5.39. The summed E-state index contributed by atoms with van der Waals surface area (Å²) in [5.74, 6) is -0.217. The van der Waals surface area contributed by atoms with Crippen molar-refractivity contribution in [1.82, 2.24) is 5.32 Å². The van der Waals surface area contributed by atoms with E-state index < -0.39 is 5.41 Å². The number of hydrogen-bond donors (Lipinski definition) is 1. The molecule has 3 nitrogen and oxygen atoms in total. The number of amides is 2. The van der Waals surface area contributed by atoms with Gasteiger partial charge in [-0.25, -0.2) is 0 Å². The second kappa shape index (κ2) is 3.19. The van der Waals surface area contributed by atoms with Crippen molar-refractivity contribution in [1.29, 1.82) is 0 Å². The molecule has 17 heavy (non-hydrogen) atoms. The number of nitrogens with one attached hydrogen (secondary N) is 1. The smallest absolute Gasteiger partial charge is 0.233 e. The molecule has 2 aliphatic rings. The molecule has 0 unspecified atom stereocenters. The number of carbonyl (C=O) groups excluding carboxylic acids is 2. The van der Waals surface area contributed by atoms with Gasteiger partial charge in [0.15, 0.2) is 0 Å². The molecule has 1 heterocycles.